The molecule has 298 valence electrons. The molecule has 4 bridgehead atoms. The SMILES string of the molecule is C/C1=C/[C@@H](C(=O)CNC(=O)CNC(=O)OC(C)(C)C)C(=O)/C=C\C=C/c2csc(n2)[C@@H](C)N2C(=O)C[C@@]([C@@](C)(O)C(=O)SCc3oc(=O)oc3C)(CC1)[S+]2[O-]. The zero-order valence-corrected chi connectivity index (χ0v) is 33.9. The summed E-state index contributed by atoms with van der Waals surface area (Å²) in [6, 6.07) is -0.801. The van der Waals surface area contributed by atoms with Crippen molar-refractivity contribution in [1.29, 1.82) is 0 Å². The zero-order chi connectivity index (χ0) is 40.9. The van der Waals surface area contributed by atoms with E-state index in [2.05, 4.69) is 15.6 Å². The number of allylic oxidation sites excluding steroid dienone is 5. The number of Topliss-reactive ketones (excluding diaryl/α,β-unsaturated/α-hetero) is 1. The van der Waals surface area contributed by atoms with E-state index < -0.39 is 99.2 Å². The molecule has 55 heavy (non-hydrogen) atoms. The van der Waals surface area contributed by atoms with Gasteiger partial charge in [0.15, 0.2) is 27.7 Å². The minimum atomic E-state index is -2.39. The van der Waals surface area contributed by atoms with Crippen LogP contribution in [0.1, 0.15) is 89.1 Å². The van der Waals surface area contributed by atoms with Gasteiger partial charge in [-0.2, -0.15) is 4.31 Å². The van der Waals surface area contributed by atoms with Crippen LogP contribution < -0.4 is 16.5 Å². The minimum absolute atomic E-state index is 0.0146. The van der Waals surface area contributed by atoms with Gasteiger partial charge in [0, 0.05) is 11.8 Å². The number of hydrogen-bond donors (Lipinski definition) is 3. The number of carbonyl (C=O) groups excluding carboxylic acids is 6. The number of aliphatic hydroxyl groups is 1. The van der Waals surface area contributed by atoms with Crippen molar-refractivity contribution in [3.63, 3.8) is 0 Å². The predicted molar refractivity (Wildman–Crippen MR) is 204 cm³/mol. The lowest BCUT2D eigenvalue weighted by atomic mass is 9.81. The van der Waals surface area contributed by atoms with E-state index >= 15 is 0 Å². The van der Waals surface area contributed by atoms with Crippen molar-refractivity contribution in [2.24, 2.45) is 5.92 Å². The molecule has 19 heteroatoms. The number of ether oxygens (including phenoxy) is 1. The molecule has 0 radical (unpaired) electrons. The van der Waals surface area contributed by atoms with E-state index in [0.29, 0.717) is 28.0 Å². The fourth-order valence-electron chi connectivity index (χ4n) is 5.75. The lowest BCUT2D eigenvalue weighted by Crippen LogP contribution is -2.60. The van der Waals surface area contributed by atoms with Crippen LogP contribution in [-0.4, -0.2) is 82.6 Å². The largest absolute Gasteiger partial charge is 0.592 e. The highest BCUT2D eigenvalue weighted by Crippen LogP contribution is 2.50. The lowest BCUT2D eigenvalue weighted by molar-refractivity contribution is -0.133. The van der Waals surface area contributed by atoms with Crippen molar-refractivity contribution < 1.29 is 52.0 Å². The number of nitrogens with zero attached hydrogens (tertiary/aromatic N) is 2. The van der Waals surface area contributed by atoms with Crippen LogP contribution in [0.4, 0.5) is 4.79 Å². The van der Waals surface area contributed by atoms with Gasteiger partial charge >= 0.3 is 11.9 Å². The first kappa shape index (κ1) is 43.4. The summed E-state index contributed by atoms with van der Waals surface area (Å²) in [4.78, 5) is 95.0. The molecule has 0 saturated carbocycles. The molecule has 2 aliphatic rings. The first-order chi connectivity index (χ1) is 25.6. The van der Waals surface area contributed by atoms with Crippen LogP contribution >= 0.6 is 23.1 Å². The van der Waals surface area contributed by atoms with Gasteiger partial charge < -0.3 is 33.9 Å². The van der Waals surface area contributed by atoms with Gasteiger partial charge in [-0.1, -0.05) is 35.6 Å². The molecule has 1 fully saturated rings. The normalized spacial score (nSPS) is 25.2. The quantitative estimate of drug-likeness (QED) is 0.186. The summed E-state index contributed by atoms with van der Waals surface area (Å²) >= 11 is -0.499. The number of nitrogens with one attached hydrogen (secondary N) is 2. The number of ketones is 2. The van der Waals surface area contributed by atoms with Crippen molar-refractivity contribution in [2.75, 3.05) is 13.1 Å². The van der Waals surface area contributed by atoms with Crippen molar-refractivity contribution >= 4 is 75.1 Å². The van der Waals surface area contributed by atoms with E-state index in [0.717, 1.165) is 4.31 Å². The van der Waals surface area contributed by atoms with Crippen LogP contribution in [0.5, 0.6) is 0 Å². The third kappa shape index (κ3) is 10.5. The molecular formula is C36H44N4O12S3. The highest BCUT2D eigenvalue weighted by molar-refractivity contribution is 8.13. The second-order valence-electron chi connectivity index (χ2n) is 14.2. The Hall–Kier alpha value is -4.30. The second-order valence-corrected chi connectivity index (χ2v) is 17.7. The van der Waals surface area contributed by atoms with Crippen LogP contribution in [0.25, 0.3) is 6.08 Å². The first-order valence-corrected chi connectivity index (χ1v) is 20.1. The summed E-state index contributed by atoms with van der Waals surface area (Å²) in [5.41, 5.74) is -2.27. The maximum atomic E-state index is 14.6. The third-order valence-corrected chi connectivity index (χ3v) is 13.2. The average Bonchev–Trinajstić information content (AvgIpc) is 3.78. The summed E-state index contributed by atoms with van der Waals surface area (Å²) in [6.07, 6.45) is 5.65. The number of fused-ring (bicyclic) bond motifs is 4. The Bertz CT molecular complexity index is 1970. The van der Waals surface area contributed by atoms with Crippen LogP contribution in [0, 0.1) is 12.8 Å². The molecule has 0 aromatic carbocycles. The number of aromatic nitrogens is 1. The number of thiazole rings is 1. The monoisotopic (exact) mass is 820 g/mol. The standard InChI is InChI=1S/C36H44N4O12S3/c1-20-12-13-36(35(7,48)31(45)54-19-27-22(3)50-33(47)51-27)15-29(44)40(55(36)49)21(2)30-39-23(18-53-30)10-8-9-11-25(41)24(14-20)26(42)16-37-28(43)17-38-32(46)52-34(4,5)6/h8-11,14,18,21,24,48H,12-13,15-17,19H2,1-7H3,(H,37,43)(H,38,46)/b10-8-,11-9-,20-14-/t21-,24-,35+,36-,55?/m1/s1. The molecule has 3 N–H and O–H groups in total. The lowest BCUT2D eigenvalue weighted by Gasteiger charge is -2.40. The van der Waals surface area contributed by atoms with Gasteiger partial charge in [-0.3, -0.25) is 24.0 Å². The molecule has 2 aromatic heterocycles. The third-order valence-electron chi connectivity index (χ3n) is 8.82. The van der Waals surface area contributed by atoms with Crippen molar-refractivity contribution in [3.8, 4) is 0 Å². The first-order valence-electron chi connectivity index (χ1n) is 17.2. The van der Waals surface area contributed by atoms with E-state index in [1.807, 2.05) is 0 Å². The Morgan fingerprint density at radius 2 is 1.80 bits per heavy atom. The fourth-order valence-corrected chi connectivity index (χ4v) is 9.69. The average molecular weight is 821 g/mol. The maximum Gasteiger partial charge on any atom is 0.519 e. The topological polar surface area (TPSA) is 238 Å². The van der Waals surface area contributed by atoms with Gasteiger partial charge in [0.2, 0.25) is 11.0 Å². The smallest absolute Gasteiger partial charge is 0.519 e. The Morgan fingerprint density at radius 1 is 1.11 bits per heavy atom. The highest BCUT2D eigenvalue weighted by Gasteiger charge is 2.69. The Balaban J connectivity index is 1.65. The van der Waals surface area contributed by atoms with Gasteiger partial charge in [0.1, 0.15) is 34.9 Å². The van der Waals surface area contributed by atoms with Crippen LogP contribution in [0.2, 0.25) is 0 Å². The summed E-state index contributed by atoms with van der Waals surface area (Å²) < 4.78 is 28.8. The molecule has 2 aromatic rings. The summed E-state index contributed by atoms with van der Waals surface area (Å²) in [5, 5.41) is 18.0. The second kappa shape index (κ2) is 17.7. The van der Waals surface area contributed by atoms with E-state index in [4.69, 9.17) is 13.6 Å². The van der Waals surface area contributed by atoms with Crippen molar-refractivity contribution in [2.45, 2.75) is 95.5 Å². The molecule has 5 atom stereocenters. The van der Waals surface area contributed by atoms with Crippen molar-refractivity contribution in [3.05, 3.63) is 68.1 Å². The number of carbonyl (C=O) groups is 6. The molecule has 0 aliphatic carbocycles. The number of rotatable bonds is 9. The van der Waals surface area contributed by atoms with Crippen LogP contribution in [0.15, 0.2) is 48.9 Å². The minimum Gasteiger partial charge on any atom is -0.592 e. The summed E-state index contributed by atoms with van der Waals surface area (Å²) in [6.45, 7) is 9.83. The fraction of sp³-hybridized carbons (Fsp3) is 0.500. The summed E-state index contributed by atoms with van der Waals surface area (Å²) in [5.74, 6) is -4.91. The molecule has 16 nitrogen and oxygen atoms in total. The van der Waals surface area contributed by atoms with Crippen LogP contribution in [0.3, 0.4) is 0 Å². The molecule has 3 amide bonds. The Kier molecular flexibility index (Phi) is 13.9. The van der Waals surface area contributed by atoms with E-state index in [1.165, 1.54) is 43.4 Å². The molecular weight excluding hydrogens is 777 g/mol. The van der Waals surface area contributed by atoms with E-state index in [9.17, 15) is 43.2 Å². The molecule has 1 saturated heterocycles. The molecule has 4 heterocycles. The van der Waals surface area contributed by atoms with Gasteiger partial charge in [0.25, 0.3) is 5.91 Å². The zero-order valence-electron chi connectivity index (χ0n) is 31.4. The molecule has 4 rings (SSSR count). The van der Waals surface area contributed by atoms with Crippen molar-refractivity contribution in [1.82, 2.24) is 19.9 Å². The predicted octanol–water partition coefficient (Wildman–Crippen LogP) is 3.61. The van der Waals surface area contributed by atoms with Gasteiger partial charge in [-0.15, -0.1) is 11.3 Å². The van der Waals surface area contributed by atoms with Gasteiger partial charge in [-0.05, 0) is 67.0 Å². The Morgan fingerprint density at radius 3 is 2.45 bits per heavy atom. The maximum absolute atomic E-state index is 14.6. The number of amides is 3. The number of alkyl carbamates (subject to hydrolysis) is 1. The number of thioether (sulfide) groups is 1. The van der Waals surface area contributed by atoms with E-state index in [-0.39, 0.29) is 30.1 Å². The van der Waals surface area contributed by atoms with E-state index in [1.54, 1.807) is 52.2 Å². The molecule has 0 spiro atoms. The molecule has 2 aliphatic heterocycles. The molecule has 1 unspecified atom stereocenters. The van der Waals surface area contributed by atoms with Gasteiger partial charge in [-0.25, -0.2) is 14.6 Å². The van der Waals surface area contributed by atoms with Crippen LogP contribution in [-0.2, 0) is 45.8 Å². The summed E-state index contributed by atoms with van der Waals surface area (Å²) in [7, 11) is 0. The Labute approximate surface area is 328 Å². The highest BCUT2D eigenvalue weighted by atomic mass is 32.2. The van der Waals surface area contributed by atoms with Gasteiger partial charge in [0.05, 0.1) is 35.8 Å². The number of hydrogen-bond acceptors (Lipinski definition) is 15. The number of aryl methyl sites for hydroxylation is 1.